The van der Waals surface area contributed by atoms with Gasteiger partial charge in [-0.15, -0.1) is 0 Å². The summed E-state index contributed by atoms with van der Waals surface area (Å²) in [6.45, 7) is 0. The molecule has 6 heteroatoms. The van der Waals surface area contributed by atoms with Crippen LogP contribution in [-0.2, 0) is 0 Å². The fourth-order valence-electron chi connectivity index (χ4n) is 1.25. The summed E-state index contributed by atoms with van der Waals surface area (Å²) in [5.74, 6) is -0.0922. The van der Waals surface area contributed by atoms with Crippen molar-refractivity contribution < 1.29 is 9.13 Å². The lowest BCUT2D eigenvalue weighted by atomic mass is 10.3. The second-order valence-corrected chi connectivity index (χ2v) is 4.78. The van der Waals surface area contributed by atoms with Crippen molar-refractivity contribution in [2.75, 3.05) is 0 Å². The molecule has 1 aromatic carbocycles. The molecule has 0 radical (unpaired) electrons. The summed E-state index contributed by atoms with van der Waals surface area (Å²) in [6.07, 6.45) is 1.48. The standard InChI is InChI=1S/C12H8BrFN2OS/c13-8-2-3-9(14)10(5-8)17-11-4-1-7(6-16-11)12(15)18/h1-6H,(H2,15,18). The van der Waals surface area contributed by atoms with Gasteiger partial charge in [0.25, 0.3) is 0 Å². The van der Waals surface area contributed by atoms with Gasteiger partial charge in [0.05, 0.1) is 0 Å². The quantitative estimate of drug-likeness (QED) is 0.878. The van der Waals surface area contributed by atoms with Crippen LogP contribution in [0.3, 0.4) is 0 Å². The lowest BCUT2D eigenvalue weighted by Crippen LogP contribution is -2.09. The van der Waals surface area contributed by atoms with E-state index < -0.39 is 5.82 Å². The number of hydrogen-bond donors (Lipinski definition) is 1. The highest BCUT2D eigenvalue weighted by Gasteiger charge is 2.06. The molecule has 3 nitrogen and oxygen atoms in total. The van der Waals surface area contributed by atoms with Gasteiger partial charge < -0.3 is 10.5 Å². The molecule has 0 amide bonds. The molecule has 1 aromatic heterocycles. The van der Waals surface area contributed by atoms with Crippen molar-refractivity contribution in [3.63, 3.8) is 0 Å². The average Bonchev–Trinajstić information content (AvgIpc) is 2.34. The van der Waals surface area contributed by atoms with E-state index >= 15 is 0 Å². The largest absolute Gasteiger partial charge is 0.436 e. The molecule has 92 valence electrons. The molecule has 0 fully saturated rings. The molecule has 2 rings (SSSR count). The Morgan fingerprint density at radius 3 is 2.72 bits per heavy atom. The number of aromatic nitrogens is 1. The Balaban J connectivity index is 2.23. The summed E-state index contributed by atoms with van der Waals surface area (Å²) in [4.78, 5) is 4.25. The minimum absolute atomic E-state index is 0.0972. The van der Waals surface area contributed by atoms with E-state index in [0.717, 1.165) is 4.47 Å². The fourth-order valence-corrected chi connectivity index (χ4v) is 1.72. The van der Waals surface area contributed by atoms with Crippen LogP contribution in [0.25, 0.3) is 0 Å². The minimum Gasteiger partial charge on any atom is -0.436 e. The van der Waals surface area contributed by atoms with Crippen LogP contribution in [0.5, 0.6) is 11.6 Å². The van der Waals surface area contributed by atoms with Gasteiger partial charge in [0.1, 0.15) is 4.99 Å². The molecule has 1 heterocycles. The molecule has 0 aliphatic heterocycles. The second kappa shape index (κ2) is 5.41. The molecule has 0 spiro atoms. The van der Waals surface area contributed by atoms with Gasteiger partial charge in [-0.1, -0.05) is 28.1 Å². The van der Waals surface area contributed by atoms with Crippen molar-refractivity contribution in [2.45, 2.75) is 0 Å². The van der Waals surface area contributed by atoms with Gasteiger partial charge in [-0.2, -0.15) is 0 Å². The number of halogens is 2. The van der Waals surface area contributed by atoms with Gasteiger partial charge in [0, 0.05) is 22.3 Å². The number of nitrogens with two attached hydrogens (primary N) is 1. The number of pyridine rings is 1. The van der Waals surface area contributed by atoms with E-state index in [1.165, 1.54) is 18.3 Å². The first-order chi connectivity index (χ1) is 8.56. The maximum Gasteiger partial charge on any atom is 0.219 e. The summed E-state index contributed by atoms with van der Waals surface area (Å²) in [5, 5.41) is 0. The lowest BCUT2D eigenvalue weighted by molar-refractivity contribution is 0.427. The van der Waals surface area contributed by atoms with Gasteiger partial charge in [0.15, 0.2) is 11.6 Å². The van der Waals surface area contributed by atoms with Crippen LogP contribution in [0.2, 0.25) is 0 Å². The zero-order valence-corrected chi connectivity index (χ0v) is 11.5. The summed E-state index contributed by atoms with van der Waals surface area (Å²) >= 11 is 8.04. The predicted octanol–water partition coefficient (Wildman–Crippen LogP) is 3.41. The molecule has 0 bridgehead atoms. The first-order valence-electron chi connectivity index (χ1n) is 4.95. The molecule has 2 aromatic rings. The van der Waals surface area contributed by atoms with Crippen molar-refractivity contribution >= 4 is 33.1 Å². The first-order valence-corrected chi connectivity index (χ1v) is 6.15. The van der Waals surface area contributed by atoms with Crippen molar-refractivity contribution in [2.24, 2.45) is 5.73 Å². The highest BCUT2D eigenvalue weighted by molar-refractivity contribution is 9.10. The maximum atomic E-state index is 13.4. The number of ether oxygens (including phenoxy) is 1. The minimum atomic E-state index is -0.460. The average molecular weight is 327 g/mol. The molecule has 0 aliphatic rings. The molecule has 0 aliphatic carbocycles. The molecule has 0 unspecified atom stereocenters. The van der Waals surface area contributed by atoms with Crippen molar-refractivity contribution in [1.82, 2.24) is 4.98 Å². The number of rotatable bonds is 3. The highest BCUT2D eigenvalue weighted by Crippen LogP contribution is 2.26. The van der Waals surface area contributed by atoms with Gasteiger partial charge in [0.2, 0.25) is 5.88 Å². The number of benzene rings is 1. The normalized spacial score (nSPS) is 10.1. The van der Waals surface area contributed by atoms with E-state index in [0.29, 0.717) is 5.56 Å². The third kappa shape index (κ3) is 3.02. The Morgan fingerprint density at radius 2 is 2.11 bits per heavy atom. The summed E-state index contributed by atoms with van der Waals surface area (Å²) in [7, 11) is 0. The molecule has 0 saturated heterocycles. The number of nitrogens with zero attached hydrogens (tertiary/aromatic N) is 1. The van der Waals surface area contributed by atoms with E-state index in [2.05, 4.69) is 20.9 Å². The van der Waals surface area contributed by atoms with E-state index in [9.17, 15) is 4.39 Å². The molecule has 18 heavy (non-hydrogen) atoms. The smallest absolute Gasteiger partial charge is 0.219 e. The number of hydrogen-bond acceptors (Lipinski definition) is 3. The number of thiocarbonyl (C=S) groups is 1. The third-order valence-electron chi connectivity index (χ3n) is 2.13. The van der Waals surface area contributed by atoms with Gasteiger partial charge in [-0.3, -0.25) is 0 Å². The van der Waals surface area contributed by atoms with Crippen LogP contribution in [0.1, 0.15) is 5.56 Å². The van der Waals surface area contributed by atoms with Crippen molar-refractivity contribution in [3.8, 4) is 11.6 Å². The monoisotopic (exact) mass is 326 g/mol. The molecule has 0 saturated carbocycles. The van der Waals surface area contributed by atoms with Gasteiger partial charge in [-0.05, 0) is 24.3 Å². The van der Waals surface area contributed by atoms with Gasteiger partial charge >= 0.3 is 0 Å². The van der Waals surface area contributed by atoms with Crippen LogP contribution in [-0.4, -0.2) is 9.97 Å². The molecule has 2 N–H and O–H groups in total. The fraction of sp³-hybridized carbons (Fsp3) is 0. The zero-order chi connectivity index (χ0) is 13.1. The van der Waals surface area contributed by atoms with Gasteiger partial charge in [-0.25, -0.2) is 9.37 Å². The predicted molar refractivity (Wildman–Crippen MR) is 74.3 cm³/mol. The lowest BCUT2D eigenvalue weighted by Gasteiger charge is -2.06. The molecular formula is C12H8BrFN2OS. The highest BCUT2D eigenvalue weighted by atomic mass is 79.9. The van der Waals surface area contributed by atoms with E-state index in [-0.39, 0.29) is 16.6 Å². The van der Waals surface area contributed by atoms with Crippen LogP contribution < -0.4 is 10.5 Å². The van der Waals surface area contributed by atoms with Crippen LogP contribution in [0.4, 0.5) is 4.39 Å². The summed E-state index contributed by atoms with van der Waals surface area (Å²) in [5.41, 5.74) is 6.08. The van der Waals surface area contributed by atoms with Crippen LogP contribution in [0.15, 0.2) is 41.0 Å². The topological polar surface area (TPSA) is 48.1 Å². The van der Waals surface area contributed by atoms with E-state index in [4.69, 9.17) is 22.7 Å². The van der Waals surface area contributed by atoms with Crippen LogP contribution >= 0.6 is 28.1 Å². The summed E-state index contributed by atoms with van der Waals surface area (Å²) < 4.78 is 19.5. The Bertz CT molecular complexity index is 589. The van der Waals surface area contributed by atoms with E-state index in [1.54, 1.807) is 18.2 Å². The first kappa shape index (κ1) is 12.9. The Morgan fingerprint density at radius 1 is 1.33 bits per heavy atom. The maximum absolute atomic E-state index is 13.4. The molecule has 0 atom stereocenters. The Kier molecular flexibility index (Phi) is 3.88. The SMILES string of the molecule is NC(=S)c1ccc(Oc2cc(Br)ccc2F)nc1. The van der Waals surface area contributed by atoms with Crippen LogP contribution in [0, 0.1) is 5.82 Å². The Labute approximate surface area is 117 Å². The Hall–Kier alpha value is -1.53. The van der Waals surface area contributed by atoms with E-state index in [1.807, 2.05) is 0 Å². The third-order valence-corrected chi connectivity index (χ3v) is 2.86. The summed E-state index contributed by atoms with van der Waals surface area (Å²) in [6, 6.07) is 7.67. The second-order valence-electron chi connectivity index (χ2n) is 3.43. The zero-order valence-electron chi connectivity index (χ0n) is 9.06. The van der Waals surface area contributed by atoms with Crippen molar-refractivity contribution in [3.05, 3.63) is 52.4 Å². The molecular weight excluding hydrogens is 319 g/mol. The van der Waals surface area contributed by atoms with Crippen molar-refractivity contribution in [1.29, 1.82) is 0 Å².